The van der Waals surface area contributed by atoms with Gasteiger partial charge in [0.05, 0.1) is 18.3 Å². The Morgan fingerprint density at radius 3 is 2.25 bits per heavy atom. The van der Waals surface area contributed by atoms with E-state index in [2.05, 4.69) is 15.4 Å². The fraction of sp³-hybridized carbons (Fsp3) is 0.533. The molecule has 0 bridgehead atoms. The van der Waals surface area contributed by atoms with Crippen LogP contribution in [0.25, 0.3) is 0 Å². The van der Waals surface area contributed by atoms with Crippen molar-refractivity contribution in [2.45, 2.75) is 12.8 Å². The molecular formula is C15H24ClN3O4S. The number of methoxy groups -OCH3 is 1. The van der Waals surface area contributed by atoms with Crippen LogP contribution in [-0.4, -0.2) is 47.4 Å². The van der Waals surface area contributed by atoms with E-state index in [0.717, 1.165) is 32.2 Å². The van der Waals surface area contributed by atoms with Crippen LogP contribution in [0, 0.1) is 5.41 Å². The molecule has 0 atom stereocenters. The van der Waals surface area contributed by atoms with Gasteiger partial charge in [0.1, 0.15) is 0 Å². The molecule has 0 unspecified atom stereocenters. The first-order chi connectivity index (χ1) is 10.8. The normalized spacial score (nSPS) is 16.8. The molecule has 2 rings (SSSR count). The lowest BCUT2D eigenvalue weighted by Crippen LogP contribution is -2.47. The Labute approximate surface area is 149 Å². The van der Waals surface area contributed by atoms with Crippen molar-refractivity contribution in [3.8, 4) is 0 Å². The summed E-state index contributed by atoms with van der Waals surface area (Å²) in [4.78, 5) is 12.7. The lowest BCUT2D eigenvalue weighted by molar-refractivity contribution is -0.130. The Hall–Kier alpha value is -1.35. The number of carbonyl (C=O) groups excluding carboxylic acids is 1. The molecule has 1 amide bonds. The smallest absolute Gasteiger partial charge is 0.233 e. The number of piperidine rings is 1. The molecule has 136 valence electrons. The molecular weight excluding hydrogens is 354 g/mol. The zero-order valence-corrected chi connectivity index (χ0v) is 15.4. The van der Waals surface area contributed by atoms with Crippen LogP contribution >= 0.6 is 12.4 Å². The highest BCUT2D eigenvalue weighted by Gasteiger charge is 2.39. The molecule has 0 saturated carbocycles. The summed E-state index contributed by atoms with van der Waals surface area (Å²) in [6.45, 7) is 1.95. The predicted molar refractivity (Wildman–Crippen MR) is 97.2 cm³/mol. The Bertz CT molecular complexity index is 638. The fourth-order valence-corrected chi connectivity index (χ4v) is 3.28. The minimum Gasteiger partial charge on any atom is -0.384 e. The van der Waals surface area contributed by atoms with Gasteiger partial charge >= 0.3 is 0 Å². The molecule has 0 aromatic heterocycles. The van der Waals surface area contributed by atoms with Crippen molar-refractivity contribution in [2.75, 3.05) is 43.1 Å². The lowest BCUT2D eigenvalue weighted by Gasteiger charge is -2.35. The van der Waals surface area contributed by atoms with E-state index >= 15 is 0 Å². The van der Waals surface area contributed by atoms with E-state index in [9.17, 15) is 13.2 Å². The van der Waals surface area contributed by atoms with Gasteiger partial charge in [-0.15, -0.1) is 12.4 Å². The van der Waals surface area contributed by atoms with E-state index in [4.69, 9.17) is 4.74 Å². The minimum absolute atomic E-state index is 0. The van der Waals surface area contributed by atoms with Crippen molar-refractivity contribution >= 4 is 39.7 Å². The number of anilines is 2. The predicted octanol–water partition coefficient (Wildman–Crippen LogP) is 1.43. The summed E-state index contributed by atoms with van der Waals surface area (Å²) >= 11 is 0. The Morgan fingerprint density at radius 2 is 1.75 bits per heavy atom. The number of halogens is 1. The second-order valence-corrected chi connectivity index (χ2v) is 7.62. The molecule has 1 aromatic carbocycles. The van der Waals surface area contributed by atoms with Crippen LogP contribution in [-0.2, 0) is 19.6 Å². The third-order valence-electron chi connectivity index (χ3n) is 3.91. The van der Waals surface area contributed by atoms with Crippen molar-refractivity contribution in [1.82, 2.24) is 5.32 Å². The molecule has 0 spiro atoms. The first-order valence-electron chi connectivity index (χ1n) is 7.44. The van der Waals surface area contributed by atoms with Crippen LogP contribution in [0.3, 0.4) is 0 Å². The maximum Gasteiger partial charge on any atom is 0.233 e. The van der Waals surface area contributed by atoms with Crippen LogP contribution < -0.4 is 15.4 Å². The summed E-state index contributed by atoms with van der Waals surface area (Å²) in [5.41, 5.74) is 0.561. The number of nitrogens with one attached hydrogen (secondary N) is 3. The first kappa shape index (κ1) is 20.7. The molecule has 3 N–H and O–H groups in total. The van der Waals surface area contributed by atoms with Gasteiger partial charge in [0.15, 0.2) is 0 Å². The highest BCUT2D eigenvalue weighted by molar-refractivity contribution is 7.92. The topological polar surface area (TPSA) is 96.5 Å². The number of rotatable bonds is 6. The van der Waals surface area contributed by atoms with Gasteiger partial charge < -0.3 is 15.4 Å². The van der Waals surface area contributed by atoms with Crippen LogP contribution in [0.15, 0.2) is 24.3 Å². The van der Waals surface area contributed by atoms with Crippen LogP contribution in [0.4, 0.5) is 11.4 Å². The lowest BCUT2D eigenvalue weighted by atomic mass is 9.78. The van der Waals surface area contributed by atoms with Crippen molar-refractivity contribution in [2.24, 2.45) is 5.41 Å². The number of hydrogen-bond donors (Lipinski definition) is 3. The van der Waals surface area contributed by atoms with Gasteiger partial charge in [0, 0.05) is 18.5 Å². The second-order valence-electron chi connectivity index (χ2n) is 5.87. The van der Waals surface area contributed by atoms with Gasteiger partial charge in [-0.2, -0.15) is 0 Å². The zero-order valence-electron chi connectivity index (χ0n) is 13.8. The van der Waals surface area contributed by atoms with Crippen molar-refractivity contribution in [1.29, 1.82) is 0 Å². The maximum absolute atomic E-state index is 12.7. The SMILES string of the molecule is COCC1(C(=O)Nc2ccc(NS(C)(=O)=O)cc2)CCNCC1.Cl. The van der Waals surface area contributed by atoms with E-state index in [1.807, 2.05) is 0 Å². The third-order valence-corrected chi connectivity index (χ3v) is 4.52. The molecule has 1 aromatic rings. The second kappa shape index (κ2) is 8.66. The van der Waals surface area contributed by atoms with Gasteiger partial charge in [-0.3, -0.25) is 9.52 Å². The summed E-state index contributed by atoms with van der Waals surface area (Å²) in [6.07, 6.45) is 2.54. The van der Waals surface area contributed by atoms with Gasteiger partial charge in [-0.1, -0.05) is 0 Å². The molecule has 1 saturated heterocycles. The number of sulfonamides is 1. The number of hydrogen-bond acceptors (Lipinski definition) is 5. The van der Waals surface area contributed by atoms with E-state index < -0.39 is 15.4 Å². The van der Waals surface area contributed by atoms with E-state index in [1.54, 1.807) is 31.4 Å². The molecule has 1 heterocycles. The molecule has 1 fully saturated rings. The first-order valence-corrected chi connectivity index (χ1v) is 9.33. The monoisotopic (exact) mass is 377 g/mol. The quantitative estimate of drug-likeness (QED) is 0.697. The van der Waals surface area contributed by atoms with Crippen molar-refractivity contribution in [3.63, 3.8) is 0 Å². The molecule has 9 heteroatoms. The molecule has 1 aliphatic rings. The zero-order chi connectivity index (χ0) is 16.9. The van der Waals surface area contributed by atoms with E-state index in [1.165, 1.54) is 0 Å². The third kappa shape index (κ3) is 5.62. The fourth-order valence-electron chi connectivity index (χ4n) is 2.72. The van der Waals surface area contributed by atoms with Crippen LogP contribution in [0.5, 0.6) is 0 Å². The average molecular weight is 378 g/mol. The standard InChI is InChI=1S/C15H23N3O4S.ClH/c1-22-11-15(7-9-16-10-8-15)14(19)17-12-3-5-13(6-4-12)18-23(2,20)21;/h3-6,16,18H,7-11H2,1-2H3,(H,17,19);1H. The Balaban J connectivity index is 0.00000288. The van der Waals surface area contributed by atoms with E-state index in [-0.39, 0.29) is 18.3 Å². The molecule has 1 aliphatic heterocycles. The van der Waals surface area contributed by atoms with Gasteiger partial charge in [-0.25, -0.2) is 8.42 Å². The molecule has 0 radical (unpaired) electrons. The summed E-state index contributed by atoms with van der Waals surface area (Å²) in [7, 11) is -1.71. The number of amides is 1. The highest BCUT2D eigenvalue weighted by atomic mass is 35.5. The Morgan fingerprint density at radius 1 is 1.21 bits per heavy atom. The van der Waals surface area contributed by atoms with Crippen molar-refractivity contribution < 1.29 is 17.9 Å². The van der Waals surface area contributed by atoms with Crippen LogP contribution in [0.2, 0.25) is 0 Å². The van der Waals surface area contributed by atoms with Crippen molar-refractivity contribution in [3.05, 3.63) is 24.3 Å². The largest absolute Gasteiger partial charge is 0.384 e. The molecule has 0 aliphatic carbocycles. The maximum atomic E-state index is 12.7. The number of carbonyl (C=O) groups is 1. The average Bonchev–Trinajstić information content (AvgIpc) is 2.49. The summed E-state index contributed by atoms with van der Waals surface area (Å²) in [5.74, 6) is -0.0651. The molecule has 7 nitrogen and oxygen atoms in total. The molecule has 24 heavy (non-hydrogen) atoms. The number of ether oxygens (including phenoxy) is 1. The summed E-state index contributed by atoms with van der Waals surface area (Å²) < 4.78 is 30.0. The summed E-state index contributed by atoms with van der Waals surface area (Å²) in [5, 5.41) is 6.15. The van der Waals surface area contributed by atoms with Gasteiger partial charge in [0.25, 0.3) is 0 Å². The number of benzene rings is 1. The summed E-state index contributed by atoms with van der Waals surface area (Å²) in [6, 6.07) is 6.57. The Kier molecular flexibility index (Phi) is 7.47. The van der Waals surface area contributed by atoms with Gasteiger partial charge in [-0.05, 0) is 50.2 Å². The van der Waals surface area contributed by atoms with Crippen LogP contribution in [0.1, 0.15) is 12.8 Å². The van der Waals surface area contributed by atoms with Gasteiger partial charge in [0.2, 0.25) is 15.9 Å². The van der Waals surface area contributed by atoms with E-state index in [0.29, 0.717) is 18.0 Å². The highest BCUT2D eigenvalue weighted by Crippen LogP contribution is 2.31. The minimum atomic E-state index is -3.31.